The monoisotopic (exact) mass is 529 g/mol. The van der Waals surface area contributed by atoms with Gasteiger partial charge in [-0.05, 0) is 45.1 Å². The van der Waals surface area contributed by atoms with Crippen molar-refractivity contribution in [1.82, 2.24) is 4.90 Å². The first kappa shape index (κ1) is 27.3. The molecule has 38 heavy (non-hydrogen) atoms. The highest BCUT2D eigenvalue weighted by molar-refractivity contribution is 5.76. The van der Waals surface area contributed by atoms with E-state index in [0.717, 1.165) is 12.0 Å². The molecule has 1 spiro atoms. The van der Waals surface area contributed by atoms with Gasteiger partial charge < -0.3 is 29.0 Å². The number of amides is 1. The Hall–Kier alpha value is -2.32. The summed E-state index contributed by atoms with van der Waals surface area (Å²) in [4.78, 5) is 26.8. The number of carbonyl (C=O) groups excluding carboxylic acids is 1. The van der Waals surface area contributed by atoms with Crippen molar-refractivity contribution >= 4 is 11.9 Å². The minimum atomic E-state index is -0.856. The number of hydrogen-bond donors (Lipinski definition) is 1. The lowest BCUT2D eigenvalue weighted by atomic mass is 9.69. The molecule has 1 aromatic rings. The highest BCUT2D eigenvalue weighted by Crippen LogP contribution is 2.55. The molecule has 8 heteroatoms. The van der Waals surface area contributed by atoms with Crippen molar-refractivity contribution in [2.75, 3.05) is 32.9 Å². The molecule has 8 nitrogen and oxygen atoms in total. The zero-order valence-corrected chi connectivity index (χ0v) is 22.9. The van der Waals surface area contributed by atoms with E-state index in [-0.39, 0.29) is 24.3 Å². The van der Waals surface area contributed by atoms with Crippen molar-refractivity contribution in [2.24, 2.45) is 11.8 Å². The van der Waals surface area contributed by atoms with Gasteiger partial charge in [-0.3, -0.25) is 9.59 Å². The van der Waals surface area contributed by atoms with E-state index in [2.05, 4.69) is 0 Å². The number of carboxylic acids is 1. The van der Waals surface area contributed by atoms with E-state index >= 15 is 0 Å². The van der Waals surface area contributed by atoms with Gasteiger partial charge in [0, 0.05) is 30.9 Å². The fourth-order valence-corrected chi connectivity index (χ4v) is 7.03. The van der Waals surface area contributed by atoms with Crippen molar-refractivity contribution in [3.63, 3.8) is 0 Å². The van der Waals surface area contributed by atoms with Gasteiger partial charge in [-0.2, -0.15) is 0 Å². The number of hydrogen-bond acceptors (Lipinski definition) is 6. The summed E-state index contributed by atoms with van der Waals surface area (Å²) in [6.45, 7) is 6.38. The number of carbonyl (C=O) groups is 2. The largest absolute Gasteiger partial charge is 0.490 e. The predicted octanol–water partition coefficient (Wildman–Crippen LogP) is 5.14. The number of benzene rings is 1. The Kier molecular flexibility index (Phi) is 8.19. The third-order valence-electron chi connectivity index (χ3n) is 9.15. The van der Waals surface area contributed by atoms with Gasteiger partial charge in [0.2, 0.25) is 5.91 Å². The zero-order valence-electron chi connectivity index (χ0n) is 22.9. The first-order valence-corrected chi connectivity index (χ1v) is 14.5. The molecule has 210 valence electrons. The number of nitrogens with zero attached hydrogens (tertiary/aromatic N) is 1. The Morgan fingerprint density at radius 2 is 2.00 bits per heavy atom. The van der Waals surface area contributed by atoms with Gasteiger partial charge in [0.05, 0.1) is 32.5 Å². The van der Waals surface area contributed by atoms with E-state index < -0.39 is 17.2 Å². The third kappa shape index (κ3) is 5.67. The third-order valence-corrected chi connectivity index (χ3v) is 9.15. The molecular weight excluding hydrogens is 486 g/mol. The fraction of sp³-hybridized carbons (Fsp3) is 0.733. The van der Waals surface area contributed by atoms with E-state index in [9.17, 15) is 14.7 Å². The smallest absolute Gasteiger partial charge is 0.303 e. The summed E-state index contributed by atoms with van der Waals surface area (Å²) in [5.41, 5.74) is -0.476. The van der Waals surface area contributed by atoms with Crippen molar-refractivity contribution in [2.45, 2.75) is 95.4 Å². The predicted molar refractivity (Wildman–Crippen MR) is 141 cm³/mol. The molecule has 3 aliphatic heterocycles. The van der Waals surface area contributed by atoms with Crippen molar-refractivity contribution in [1.29, 1.82) is 0 Å². The molecule has 1 N–H and O–H groups in total. The van der Waals surface area contributed by atoms with Crippen LogP contribution in [0.1, 0.15) is 89.7 Å². The van der Waals surface area contributed by atoms with Gasteiger partial charge in [0.25, 0.3) is 0 Å². The second-order valence-electron chi connectivity index (χ2n) is 11.8. The second-order valence-corrected chi connectivity index (χ2v) is 11.8. The molecule has 5 rings (SSSR count). The van der Waals surface area contributed by atoms with Crippen LogP contribution in [0.15, 0.2) is 18.2 Å². The Morgan fingerprint density at radius 1 is 1.18 bits per heavy atom. The van der Waals surface area contributed by atoms with Crippen LogP contribution in [0.25, 0.3) is 0 Å². The molecule has 0 bridgehead atoms. The van der Waals surface area contributed by atoms with Gasteiger partial charge in [0.1, 0.15) is 11.2 Å². The molecule has 2 saturated heterocycles. The van der Waals surface area contributed by atoms with Crippen LogP contribution in [0, 0.1) is 11.8 Å². The summed E-state index contributed by atoms with van der Waals surface area (Å²) < 4.78 is 25.4. The standard InChI is InChI=1S/C30H43NO7/c1-3-35-24-11-7-10-22-27-23(29(2,38-28(22)24)15-14-26(33)34)18-30(20-36-27)19-31(16-17-37-30)25(32)13-12-21-8-5-4-6-9-21/h7,10-11,21,23,27H,3-6,8-9,12-20H2,1-2H3,(H,33,34)/t23-,27+,29-,30+/m0/s1. The van der Waals surface area contributed by atoms with Crippen LogP contribution in [-0.4, -0.2) is 66.0 Å². The molecule has 1 saturated carbocycles. The number of para-hydroxylation sites is 1. The maximum absolute atomic E-state index is 13.2. The summed E-state index contributed by atoms with van der Waals surface area (Å²) >= 11 is 0. The maximum Gasteiger partial charge on any atom is 0.303 e. The Labute approximate surface area is 225 Å². The molecule has 0 unspecified atom stereocenters. The van der Waals surface area contributed by atoms with Gasteiger partial charge >= 0.3 is 5.97 Å². The molecular formula is C30H43NO7. The van der Waals surface area contributed by atoms with E-state index in [1.807, 2.05) is 36.9 Å². The molecule has 0 radical (unpaired) electrons. The zero-order chi connectivity index (χ0) is 26.8. The van der Waals surface area contributed by atoms with Crippen LogP contribution in [0.5, 0.6) is 11.5 Å². The Bertz CT molecular complexity index is 1010. The first-order valence-electron chi connectivity index (χ1n) is 14.5. The summed E-state index contributed by atoms with van der Waals surface area (Å²) in [6.07, 6.45) is 8.68. The maximum atomic E-state index is 13.2. The van der Waals surface area contributed by atoms with Crippen molar-refractivity contribution < 1.29 is 33.6 Å². The highest BCUT2D eigenvalue weighted by atomic mass is 16.6. The SMILES string of the molecule is CCOc1cccc2c1O[C@@](C)(CCC(=O)O)[C@H]1C[C@]3(CO[C@H]21)CN(C(=O)CCC1CCCCC1)CCO3. The topological polar surface area (TPSA) is 94.5 Å². The van der Waals surface area contributed by atoms with Crippen LogP contribution >= 0.6 is 0 Å². The van der Waals surface area contributed by atoms with Crippen LogP contribution in [0.2, 0.25) is 0 Å². The molecule has 1 amide bonds. The minimum absolute atomic E-state index is 0.00844. The van der Waals surface area contributed by atoms with Gasteiger partial charge in [-0.25, -0.2) is 0 Å². The number of fused-ring (bicyclic) bond motifs is 3. The van der Waals surface area contributed by atoms with Crippen LogP contribution in [-0.2, 0) is 19.1 Å². The number of aliphatic carboxylic acids is 1. The van der Waals surface area contributed by atoms with Gasteiger partial charge in [-0.15, -0.1) is 0 Å². The summed E-state index contributed by atoms with van der Waals surface area (Å²) in [6, 6.07) is 5.83. The van der Waals surface area contributed by atoms with Crippen molar-refractivity contribution in [3.05, 3.63) is 23.8 Å². The number of rotatable bonds is 8. The quantitative estimate of drug-likeness (QED) is 0.498. The number of carboxylic acid groups (broad SMARTS) is 1. The molecule has 0 aromatic heterocycles. The highest BCUT2D eigenvalue weighted by Gasteiger charge is 2.56. The molecule has 3 fully saturated rings. The van der Waals surface area contributed by atoms with Gasteiger partial charge in [0.15, 0.2) is 11.5 Å². The Balaban J connectivity index is 1.34. The molecule has 1 aromatic carbocycles. The number of morpholine rings is 1. The van der Waals surface area contributed by atoms with E-state index in [1.165, 1.54) is 32.1 Å². The molecule has 1 aliphatic carbocycles. The van der Waals surface area contributed by atoms with E-state index in [0.29, 0.717) is 69.6 Å². The average Bonchev–Trinajstić information content (AvgIpc) is 2.92. The first-order chi connectivity index (χ1) is 18.3. The minimum Gasteiger partial charge on any atom is -0.490 e. The molecule has 4 atom stereocenters. The van der Waals surface area contributed by atoms with Gasteiger partial charge in [-0.1, -0.05) is 44.2 Å². The lowest BCUT2D eigenvalue weighted by molar-refractivity contribution is -0.233. The number of ether oxygens (including phenoxy) is 4. The van der Waals surface area contributed by atoms with Crippen LogP contribution < -0.4 is 9.47 Å². The van der Waals surface area contributed by atoms with E-state index in [1.54, 1.807) is 0 Å². The molecule has 3 heterocycles. The lowest BCUT2D eigenvalue weighted by Crippen LogP contribution is -2.62. The van der Waals surface area contributed by atoms with Crippen molar-refractivity contribution in [3.8, 4) is 11.5 Å². The fourth-order valence-electron chi connectivity index (χ4n) is 7.03. The molecule has 4 aliphatic rings. The summed E-state index contributed by atoms with van der Waals surface area (Å²) in [5, 5.41) is 9.49. The Morgan fingerprint density at radius 3 is 2.76 bits per heavy atom. The van der Waals surface area contributed by atoms with E-state index in [4.69, 9.17) is 18.9 Å². The van der Waals surface area contributed by atoms with Crippen LogP contribution in [0.3, 0.4) is 0 Å². The average molecular weight is 530 g/mol. The summed E-state index contributed by atoms with van der Waals surface area (Å²) in [5.74, 6) is 1.20. The summed E-state index contributed by atoms with van der Waals surface area (Å²) in [7, 11) is 0. The normalized spacial score (nSPS) is 31.3. The lowest BCUT2D eigenvalue weighted by Gasteiger charge is -2.55. The van der Waals surface area contributed by atoms with Crippen LogP contribution in [0.4, 0.5) is 0 Å². The second kappa shape index (κ2) is 11.4.